The van der Waals surface area contributed by atoms with E-state index in [4.69, 9.17) is 16.7 Å². The lowest BCUT2D eigenvalue weighted by Crippen LogP contribution is -2.23. The number of halogens is 1. The third-order valence-electron chi connectivity index (χ3n) is 4.02. The van der Waals surface area contributed by atoms with Gasteiger partial charge in [0.05, 0.1) is 6.20 Å². The number of benzene rings is 1. The molecule has 1 atom stereocenters. The van der Waals surface area contributed by atoms with Crippen molar-refractivity contribution in [2.45, 2.75) is 25.3 Å². The molecule has 2 aromatic rings. The van der Waals surface area contributed by atoms with Crippen LogP contribution >= 0.6 is 11.6 Å². The molecule has 0 saturated heterocycles. The highest BCUT2D eigenvalue weighted by atomic mass is 35.5. The lowest BCUT2D eigenvalue weighted by molar-refractivity contribution is 0.0684. The molecule has 1 saturated carbocycles. The SMILES string of the molecule is O=C(O)c1nn(CC(c2ccc(Cl)cc2)C2CC2)cc(O)c1=O. The van der Waals surface area contributed by atoms with Gasteiger partial charge in [0.2, 0.25) is 5.69 Å². The van der Waals surface area contributed by atoms with Gasteiger partial charge in [-0.1, -0.05) is 23.7 Å². The van der Waals surface area contributed by atoms with Gasteiger partial charge in [0.15, 0.2) is 5.75 Å². The predicted molar refractivity (Wildman–Crippen MR) is 84.0 cm³/mol. The number of aromatic hydroxyl groups is 1. The molecule has 1 heterocycles. The Labute approximate surface area is 137 Å². The van der Waals surface area contributed by atoms with Gasteiger partial charge in [0.1, 0.15) is 0 Å². The number of carboxylic acid groups (broad SMARTS) is 1. The van der Waals surface area contributed by atoms with Gasteiger partial charge >= 0.3 is 5.97 Å². The molecule has 0 amide bonds. The van der Waals surface area contributed by atoms with Crippen molar-refractivity contribution >= 4 is 17.6 Å². The number of carboxylic acids is 1. The van der Waals surface area contributed by atoms with Crippen LogP contribution in [0.25, 0.3) is 0 Å². The molecule has 3 rings (SSSR count). The second-order valence-electron chi connectivity index (χ2n) is 5.71. The zero-order chi connectivity index (χ0) is 16.6. The minimum atomic E-state index is -1.45. The average Bonchev–Trinajstić information content (AvgIpc) is 3.33. The third kappa shape index (κ3) is 3.37. The van der Waals surface area contributed by atoms with Crippen molar-refractivity contribution < 1.29 is 15.0 Å². The Bertz CT molecular complexity index is 797. The van der Waals surface area contributed by atoms with Gasteiger partial charge in [-0.2, -0.15) is 5.10 Å². The molecule has 1 fully saturated rings. The van der Waals surface area contributed by atoms with Crippen LogP contribution in [0.15, 0.2) is 35.3 Å². The van der Waals surface area contributed by atoms with Gasteiger partial charge in [-0.15, -0.1) is 0 Å². The summed E-state index contributed by atoms with van der Waals surface area (Å²) in [7, 11) is 0. The summed E-state index contributed by atoms with van der Waals surface area (Å²) in [5, 5.41) is 23.2. The molecule has 0 aliphatic heterocycles. The van der Waals surface area contributed by atoms with Crippen molar-refractivity contribution in [3.05, 3.63) is 57.0 Å². The van der Waals surface area contributed by atoms with Gasteiger partial charge in [-0.25, -0.2) is 4.79 Å². The highest BCUT2D eigenvalue weighted by molar-refractivity contribution is 6.30. The highest BCUT2D eigenvalue weighted by Crippen LogP contribution is 2.43. The summed E-state index contributed by atoms with van der Waals surface area (Å²) in [6, 6.07) is 7.49. The number of nitrogens with zero attached hydrogens (tertiary/aromatic N) is 2. The van der Waals surface area contributed by atoms with Crippen LogP contribution < -0.4 is 5.43 Å². The molecule has 1 unspecified atom stereocenters. The molecular formula is C16H15ClN2O4. The molecular weight excluding hydrogens is 320 g/mol. The first-order valence-electron chi connectivity index (χ1n) is 7.25. The van der Waals surface area contributed by atoms with E-state index in [1.54, 1.807) is 0 Å². The van der Waals surface area contributed by atoms with Crippen LogP contribution in [0.4, 0.5) is 0 Å². The van der Waals surface area contributed by atoms with Crippen molar-refractivity contribution in [3.63, 3.8) is 0 Å². The van der Waals surface area contributed by atoms with Crippen molar-refractivity contribution in [2.24, 2.45) is 5.92 Å². The maximum atomic E-state index is 11.6. The standard InChI is InChI=1S/C16H15ClN2O4/c17-11-5-3-10(4-6-11)12(9-1-2-9)7-19-8-13(20)15(21)14(18-19)16(22)23/h3-6,8-9,12,20H,1-2,7H2,(H,22,23). The molecule has 6 nitrogen and oxygen atoms in total. The molecule has 1 aliphatic carbocycles. The van der Waals surface area contributed by atoms with E-state index in [1.165, 1.54) is 10.9 Å². The second-order valence-corrected chi connectivity index (χ2v) is 6.15. The van der Waals surface area contributed by atoms with Gasteiger partial charge < -0.3 is 10.2 Å². The van der Waals surface area contributed by atoms with E-state index in [-0.39, 0.29) is 5.92 Å². The van der Waals surface area contributed by atoms with Gasteiger partial charge in [0.25, 0.3) is 5.43 Å². The molecule has 0 bridgehead atoms. The Hall–Kier alpha value is -2.34. The second kappa shape index (κ2) is 6.04. The maximum Gasteiger partial charge on any atom is 0.360 e. The molecule has 1 aromatic carbocycles. The van der Waals surface area contributed by atoms with E-state index < -0.39 is 22.8 Å². The fourth-order valence-corrected chi connectivity index (χ4v) is 2.82. The van der Waals surface area contributed by atoms with Crippen molar-refractivity contribution in [1.29, 1.82) is 0 Å². The predicted octanol–water partition coefficient (Wildman–Crippen LogP) is 2.49. The van der Waals surface area contributed by atoms with Crippen molar-refractivity contribution in [2.75, 3.05) is 0 Å². The zero-order valence-corrected chi connectivity index (χ0v) is 12.9. The fourth-order valence-electron chi connectivity index (χ4n) is 2.69. The smallest absolute Gasteiger partial charge is 0.360 e. The summed E-state index contributed by atoms with van der Waals surface area (Å²) in [4.78, 5) is 22.6. The number of rotatable bonds is 5. The zero-order valence-electron chi connectivity index (χ0n) is 12.1. The minimum Gasteiger partial charge on any atom is -0.503 e. The molecule has 2 N–H and O–H groups in total. The van der Waals surface area contributed by atoms with Crippen LogP contribution in [0.5, 0.6) is 5.75 Å². The topological polar surface area (TPSA) is 92.4 Å². The molecule has 1 aliphatic rings. The van der Waals surface area contributed by atoms with Crippen LogP contribution in [0.1, 0.15) is 34.8 Å². The monoisotopic (exact) mass is 334 g/mol. The number of hydrogen-bond acceptors (Lipinski definition) is 4. The number of aromatic carboxylic acids is 1. The Morgan fingerprint density at radius 1 is 1.35 bits per heavy atom. The quantitative estimate of drug-likeness (QED) is 0.876. The Kier molecular flexibility index (Phi) is 4.09. The average molecular weight is 335 g/mol. The van der Waals surface area contributed by atoms with Crippen LogP contribution in [0.3, 0.4) is 0 Å². The Morgan fingerprint density at radius 3 is 2.57 bits per heavy atom. The van der Waals surface area contributed by atoms with E-state index in [0.717, 1.165) is 18.4 Å². The Balaban J connectivity index is 1.93. The van der Waals surface area contributed by atoms with Crippen LogP contribution in [-0.4, -0.2) is 26.0 Å². The first-order valence-corrected chi connectivity index (χ1v) is 7.63. The maximum absolute atomic E-state index is 11.6. The van der Waals surface area contributed by atoms with Crippen LogP contribution in [-0.2, 0) is 6.54 Å². The lowest BCUT2D eigenvalue weighted by Gasteiger charge is -2.18. The summed E-state index contributed by atoms with van der Waals surface area (Å²) >= 11 is 5.91. The van der Waals surface area contributed by atoms with E-state index >= 15 is 0 Å². The first-order chi connectivity index (χ1) is 11.0. The third-order valence-corrected chi connectivity index (χ3v) is 4.27. The van der Waals surface area contributed by atoms with Gasteiger partial charge in [0, 0.05) is 17.5 Å². The Morgan fingerprint density at radius 2 is 2.00 bits per heavy atom. The molecule has 7 heteroatoms. The molecule has 120 valence electrons. The fraction of sp³-hybridized carbons (Fsp3) is 0.312. The van der Waals surface area contributed by atoms with E-state index in [0.29, 0.717) is 17.5 Å². The van der Waals surface area contributed by atoms with Crippen LogP contribution in [0.2, 0.25) is 5.02 Å². The van der Waals surface area contributed by atoms with Gasteiger partial charge in [-0.3, -0.25) is 9.48 Å². The summed E-state index contributed by atoms with van der Waals surface area (Å²) in [5.41, 5.74) is -0.562. The first kappa shape index (κ1) is 15.6. The number of aromatic nitrogens is 2. The largest absolute Gasteiger partial charge is 0.503 e. The molecule has 23 heavy (non-hydrogen) atoms. The van der Waals surface area contributed by atoms with E-state index in [2.05, 4.69) is 5.10 Å². The normalized spacial score (nSPS) is 15.3. The van der Waals surface area contributed by atoms with E-state index in [1.807, 2.05) is 24.3 Å². The molecule has 0 radical (unpaired) electrons. The number of hydrogen-bond donors (Lipinski definition) is 2. The van der Waals surface area contributed by atoms with E-state index in [9.17, 15) is 14.7 Å². The number of carbonyl (C=O) groups is 1. The van der Waals surface area contributed by atoms with Gasteiger partial charge in [-0.05, 0) is 36.5 Å². The molecule has 0 spiro atoms. The van der Waals surface area contributed by atoms with Crippen molar-refractivity contribution in [1.82, 2.24) is 9.78 Å². The summed E-state index contributed by atoms with van der Waals surface area (Å²) < 4.78 is 1.33. The van der Waals surface area contributed by atoms with Crippen LogP contribution in [0, 0.1) is 5.92 Å². The highest BCUT2D eigenvalue weighted by Gasteiger charge is 2.33. The van der Waals surface area contributed by atoms with Crippen molar-refractivity contribution in [3.8, 4) is 5.75 Å². The summed E-state index contributed by atoms with van der Waals surface area (Å²) in [6.45, 7) is 0.389. The minimum absolute atomic E-state index is 0.128. The summed E-state index contributed by atoms with van der Waals surface area (Å²) in [6.07, 6.45) is 3.36. The summed E-state index contributed by atoms with van der Waals surface area (Å²) in [5.74, 6) is -1.45. The lowest BCUT2D eigenvalue weighted by atomic mass is 9.94. The molecule has 1 aromatic heterocycles.